The number of hydrogen-bond donors (Lipinski definition) is 0. The molecule has 0 N–H and O–H groups in total. The molecule has 0 aliphatic carbocycles. The zero-order valence-corrected chi connectivity index (χ0v) is 8.73. The summed E-state index contributed by atoms with van der Waals surface area (Å²) in [6.07, 6.45) is 1.09. The van der Waals surface area contributed by atoms with Gasteiger partial charge in [0.1, 0.15) is 5.82 Å². The Bertz CT molecular complexity index is 395. The quantitative estimate of drug-likeness (QED) is 0.707. The van der Waals surface area contributed by atoms with Crippen LogP contribution in [0.25, 0.3) is 5.03 Å². The highest BCUT2D eigenvalue weighted by Crippen LogP contribution is 2.24. The van der Waals surface area contributed by atoms with Crippen molar-refractivity contribution < 1.29 is 4.39 Å². The van der Waals surface area contributed by atoms with Crippen LogP contribution in [0.1, 0.15) is 5.56 Å². The van der Waals surface area contributed by atoms with Gasteiger partial charge in [-0.25, -0.2) is 4.39 Å². The summed E-state index contributed by atoms with van der Waals surface area (Å²) in [6.45, 7) is 0. The highest BCUT2D eigenvalue weighted by Gasteiger charge is 2.05. The summed E-state index contributed by atoms with van der Waals surface area (Å²) in [7, 11) is 0. The van der Waals surface area contributed by atoms with Crippen molar-refractivity contribution in [3.05, 3.63) is 40.1 Å². The van der Waals surface area contributed by atoms with Gasteiger partial charge in [-0.15, -0.1) is 0 Å². The normalized spacial score (nSPS) is 11.1. The number of benzene rings is 1. The van der Waals surface area contributed by atoms with E-state index in [0.29, 0.717) is 4.47 Å². The van der Waals surface area contributed by atoms with Crippen LogP contribution < -0.4 is 0 Å². The minimum Gasteiger partial charge on any atom is -0.206 e. The second kappa shape index (κ2) is 4.40. The molecule has 1 aromatic rings. The fourth-order valence-corrected chi connectivity index (χ4v) is 1.37. The largest absolute Gasteiger partial charge is 0.206 e. The molecule has 0 unspecified atom stereocenters. The average molecular weight is 260 g/mol. The molecule has 0 atom stereocenters. The van der Waals surface area contributed by atoms with E-state index >= 15 is 0 Å². The molecule has 0 saturated heterocycles. The highest BCUT2D eigenvalue weighted by molar-refractivity contribution is 9.10. The van der Waals surface area contributed by atoms with Crippen LogP contribution in [0.15, 0.2) is 28.7 Å². The van der Waals surface area contributed by atoms with Crippen LogP contribution in [0, 0.1) is 17.1 Å². The van der Waals surface area contributed by atoms with E-state index in [0.717, 1.165) is 6.08 Å². The lowest BCUT2D eigenvalue weighted by Gasteiger charge is -2.00. The van der Waals surface area contributed by atoms with Crippen molar-refractivity contribution in [1.82, 2.24) is 0 Å². The van der Waals surface area contributed by atoms with Gasteiger partial charge in [-0.05, 0) is 18.2 Å². The van der Waals surface area contributed by atoms with E-state index in [1.807, 2.05) is 0 Å². The monoisotopic (exact) mass is 259 g/mol. The minimum absolute atomic E-state index is 0.0984. The second-order valence-electron chi connectivity index (χ2n) is 2.25. The fraction of sp³-hybridized carbons (Fsp3) is 0. The van der Waals surface area contributed by atoms with Gasteiger partial charge in [0, 0.05) is 16.1 Å². The molecule has 0 radical (unpaired) electrons. The van der Waals surface area contributed by atoms with Gasteiger partial charge in [-0.1, -0.05) is 27.5 Å². The van der Waals surface area contributed by atoms with Crippen molar-refractivity contribution in [1.29, 1.82) is 5.26 Å². The van der Waals surface area contributed by atoms with Gasteiger partial charge in [0.15, 0.2) is 0 Å². The predicted molar refractivity (Wildman–Crippen MR) is 53.5 cm³/mol. The Kier molecular flexibility index (Phi) is 3.47. The number of rotatable bonds is 1. The molecule has 4 heteroatoms. The van der Waals surface area contributed by atoms with E-state index in [1.54, 1.807) is 12.1 Å². The third-order valence-corrected chi connectivity index (χ3v) is 2.18. The molecule has 1 rings (SSSR count). The highest BCUT2D eigenvalue weighted by atomic mass is 79.9. The molecule has 66 valence electrons. The average Bonchev–Trinajstić information content (AvgIpc) is 2.09. The Hall–Kier alpha value is -0.850. The molecule has 0 spiro atoms. The van der Waals surface area contributed by atoms with Crippen molar-refractivity contribution >= 4 is 32.6 Å². The molecule has 13 heavy (non-hydrogen) atoms. The maximum Gasteiger partial charge on any atom is 0.132 e. The number of hydrogen-bond acceptors (Lipinski definition) is 1. The van der Waals surface area contributed by atoms with Gasteiger partial charge in [-0.2, -0.15) is 5.26 Å². The molecule has 1 nitrogen and oxygen atoms in total. The van der Waals surface area contributed by atoms with Crippen molar-refractivity contribution in [3.8, 4) is 6.07 Å². The molecule has 0 fully saturated rings. The Morgan fingerprint density at radius 2 is 2.31 bits per heavy atom. The molecular weight excluding hydrogens is 256 g/mol. The molecule has 0 aromatic heterocycles. The van der Waals surface area contributed by atoms with Gasteiger partial charge < -0.3 is 0 Å². The zero-order chi connectivity index (χ0) is 9.84. The van der Waals surface area contributed by atoms with Gasteiger partial charge in [-0.3, -0.25) is 0 Å². The van der Waals surface area contributed by atoms with E-state index in [-0.39, 0.29) is 10.6 Å². The molecular formula is C9H4BrClFN. The number of nitrogens with zero attached hydrogens (tertiary/aromatic N) is 1. The summed E-state index contributed by atoms with van der Waals surface area (Å²) >= 11 is 8.84. The van der Waals surface area contributed by atoms with Gasteiger partial charge in [0.05, 0.1) is 11.1 Å². The number of allylic oxidation sites excluding steroid dienone is 1. The summed E-state index contributed by atoms with van der Waals surface area (Å²) in [5.41, 5.74) is 0.220. The summed E-state index contributed by atoms with van der Waals surface area (Å²) in [5.74, 6) is -0.445. The first-order chi connectivity index (χ1) is 6.15. The standard InChI is InChI=1S/C9H4BrClFN/c10-6-1-2-9(12)7(5-6)8(11)3-4-13/h1-3,5H/b8-3-. The maximum absolute atomic E-state index is 13.1. The van der Waals surface area contributed by atoms with Crippen molar-refractivity contribution in [2.75, 3.05) is 0 Å². The van der Waals surface area contributed by atoms with E-state index in [2.05, 4.69) is 15.9 Å². The van der Waals surface area contributed by atoms with Crippen LogP contribution >= 0.6 is 27.5 Å². The van der Waals surface area contributed by atoms with Crippen molar-refractivity contribution in [3.63, 3.8) is 0 Å². The first-order valence-electron chi connectivity index (χ1n) is 3.36. The molecule has 0 amide bonds. The lowest BCUT2D eigenvalue weighted by Crippen LogP contribution is -1.84. The summed E-state index contributed by atoms with van der Waals surface area (Å²) in [5, 5.41) is 8.41. The van der Waals surface area contributed by atoms with Gasteiger partial charge in [0.25, 0.3) is 0 Å². The van der Waals surface area contributed by atoms with Crippen LogP contribution in [0.4, 0.5) is 4.39 Å². The SMILES string of the molecule is N#C/C=C(\Cl)c1cc(Br)ccc1F. The first kappa shape index (κ1) is 10.2. The van der Waals surface area contributed by atoms with E-state index < -0.39 is 5.82 Å². The van der Waals surface area contributed by atoms with Crippen LogP contribution in [0.5, 0.6) is 0 Å². The molecule has 0 heterocycles. The summed E-state index contributed by atoms with van der Waals surface area (Å²) in [6, 6.07) is 6.11. The van der Waals surface area contributed by atoms with Crippen LogP contribution in [-0.4, -0.2) is 0 Å². The van der Waals surface area contributed by atoms with Gasteiger partial charge >= 0.3 is 0 Å². The predicted octanol–water partition coefficient (Wildman–Crippen LogP) is 3.69. The molecule has 0 aliphatic heterocycles. The Morgan fingerprint density at radius 3 is 2.92 bits per heavy atom. The minimum atomic E-state index is -0.445. The third-order valence-electron chi connectivity index (χ3n) is 1.38. The lowest BCUT2D eigenvalue weighted by molar-refractivity contribution is 0.624. The molecule has 0 aliphatic rings. The van der Waals surface area contributed by atoms with Crippen LogP contribution in [0.2, 0.25) is 0 Å². The lowest BCUT2D eigenvalue weighted by atomic mass is 10.2. The Labute approximate surface area is 88.6 Å². The molecule has 1 aromatic carbocycles. The van der Waals surface area contributed by atoms with Crippen LogP contribution in [0.3, 0.4) is 0 Å². The van der Waals surface area contributed by atoms with E-state index in [1.165, 1.54) is 12.1 Å². The summed E-state index contributed by atoms with van der Waals surface area (Å²) < 4.78 is 13.8. The fourth-order valence-electron chi connectivity index (χ4n) is 0.815. The van der Waals surface area contributed by atoms with E-state index in [4.69, 9.17) is 16.9 Å². The topological polar surface area (TPSA) is 23.8 Å². The number of halogens is 3. The number of nitriles is 1. The van der Waals surface area contributed by atoms with Crippen LogP contribution in [-0.2, 0) is 0 Å². The molecule has 0 bridgehead atoms. The second-order valence-corrected chi connectivity index (χ2v) is 3.57. The van der Waals surface area contributed by atoms with Gasteiger partial charge in [0.2, 0.25) is 0 Å². The first-order valence-corrected chi connectivity index (χ1v) is 4.53. The summed E-state index contributed by atoms with van der Waals surface area (Å²) in [4.78, 5) is 0. The molecule has 0 saturated carbocycles. The van der Waals surface area contributed by atoms with Crippen molar-refractivity contribution in [2.24, 2.45) is 0 Å². The Balaban J connectivity index is 3.22. The maximum atomic E-state index is 13.1. The van der Waals surface area contributed by atoms with Crippen molar-refractivity contribution in [2.45, 2.75) is 0 Å². The third kappa shape index (κ3) is 2.55. The Morgan fingerprint density at radius 1 is 1.62 bits per heavy atom. The van der Waals surface area contributed by atoms with E-state index in [9.17, 15) is 4.39 Å². The smallest absolute Gasteiger partial charge is 0.132 e. The zero-order valence-electron chi connectivity index (χ0n) is 6.39.